The highest BCUT2D eigenvalue weighted by Crippen LogP contribution is 2.41. The summed E-state index contributed by atoms with van der Waals surface area (Å²) in [7, 11) is 0. The monoisotopic (exact) mass is 305 g/mol. The molecule has 1 aliphatic rings. The molecule has 2 unspecified atom stereocenters. The summed E-state index contributed by atoms with van der Waals surface area (Å²) in [6.07, 6.45) is 1.74. The standard InChI is InChI=1S/C9H12BrN3S2/c1-5-7(15-3-2-14-5)9-12-4-6(10)8(11)13-9/h4-5,7H,2-3H2,1H3,(H2,11,12,13). The molecule has 0 aliphatic carbocycles. The summed E-state index contributed by atoms with van der Waals surface area (Å²) in [5, 5.41) is 0.934. The van der Waals surface area contributed by atoms with Crippen molar-refractivity contribution in [2.75, 3.05) is 17.2 Å². The van der Waals surface area contributed by atoms with Crippen molar-refractivity contribution in [2.24, 2.45) is 0 Å². The smallest absolute Gasteiger partial charge is 0.144 e. The minimum Gasteiger partial charge on any atom is -0.383 e. The Labute approximate surface area is 106 Å². The molecule has 0 spiro atoms. The molecule has 2 atom stereocenters. The average molecular weight is 306 g/mol. The molecule has 2 rings (SSSR count). The van der Waals surface area contributed by atoms with E-state index in [-0.39, 0.29) is 0 Å². The molecule has 15 heavy (non-hydrogen) atoms. The fourth-order valence-corrected chi connectivity index (χ4v) is 4.34. The number of anilines is 1. The van der Waals surface area contributed by atoms with Crippen LogP contribution in [0.1, 0.15) is 18.0 Å². The van der Waals surface area contributed by atoms with Gasteiger partial charge in [-0.15, -0.1) is 11.8 Å². The van der Waals surface area contributed by atoms with Gasteiger partial charge in [0.2, 0.25) is 0 Å². The molecular weight excluding hydrogens is 294 g/mol. The van der Waals surface area contributed by atoms with E-state index in [2.05, 4.69) is 32.8 Å². The lowest BCUT2D eigenvalue weighted by Gasteiger charge is -2.26. The highest BCUT2D eigenvalue weighted by atomic mass is 79.9. The van der Waals surface area contributed by atoms with Gasteiger partial charge in [-0.25, -0.2) is 9.97 Å². The summed E-state index contributed by atoms with van der Waals surface area (Å²) in [5.74, 6) is 3.77. The predicted octanol–water partition coefficient (Wildman–Crippen LogP) is 2.73. The Morgan fingerprint density at radius 2 is 2.20 bits per heavy atom. The second-order valence-corrected chi connectivity index (χ2v) is 6.92. The summed E-state index contributed by atoms with van der Waals surface area (Å²) >= 11 is 7.21. The molecule has 0 bridgehead atoms. The largest absolute Gasteiger partial charge is 0.383 e. The van der Waals surface area contributed by atoms with E-state index in [1.54, 1.807) is 6.20 Å². The third-order valence-electron chi connectivity index (χ3n) is 2.23. The molecule has 3 nitrogen and oxygen atoms in total. The van der Waals surface area contributed by atoms with E-state index in [1.165, 1.54) is 11.5 Å². The molecule has 82 valence electrons. The Balaban J connectivity index is 2.24. The molecule has 1 saturated heterocycles. The number of nitrogen functional groups attached to an aromatic ring is 1. The van der Waals surface area contributed by atoms with Gasteiger partial charge in [-0.2, -0.15) is 11.8 Å². The number of hydrogen-bond donors (Lipinski definition) is 1. The molecule has 0 amide bonds. The van der Waals surface area contributed by atoms with Crippen LogP contribution in [0.3, 0.4) is 0 Å². The van der Waals surface area contributed by atoms with E-state index in [9.17, 15) is 0 Å². The maximum atomic E-state index is 5.76. The SMILES string of the molecule is CC1SCCSC1c1ncc(Br)c(N)n1. The van der Waals surface area contributed by atoms with E-state index in [1.807, 2.05) is 23.5 Å². The van der Waals surface area contributed by atoms with Gasteiger partial charge in [0.05, 0.1) is 9.72 Å². The van der Waals surface area contributed by atoms with Crippen LogP contribution in [0.2, 0.25) is 0 Å². The van der Waals surface area contributed by atoms with Crippen LogP contribution in [-0.4, -0.2) is 26.7 Å². The van der Waals surface area contributed by atoms with Gasteiger partial charge in [0.15, 0.2) is 0 Å². The van der Waals surface area contributed by atoms with Crippen LogP contribution >= 0.6 is 39.5 Å². The van der Waals surface area contributed by atoms with Crippen molar-refractivity contribution in [3.63, 3.8) is 0 Å². The van der Waals surface area contributed by atoms with Crippen LogP contribution in [0.25, 0.3) is 0 Å². The summed E-state index contributed by atoms with van der Waals surface area (Å²) in [4.78, 5) is 8.67. The lowest BCUT2D eigenvalue weighted by atomic mass is 10.3. The Morgan fingerprint density at radius 1 is 1.47 bits per heavy atom. The van der Waals surface area contributed by atoms with E-state index in [0.717, 1.165) is 10.3 Å². The van der Waals surface area contributed by atoms with Gasteiger partial charge in [-0.05, 0) is 15.9 Å². The molecule has 2 N–H and O–H groups in total. The molecular formula is C9H12BrN3S2. The molecule has 1 aromatic rings. The van der Waals surface area contributed by atoms with Gasteiger partial charge in [0, 0.05) is 23.0 Å². The van der Waals surface area contributed by atoms with E-state index < -0.39 is 0 Å². The molecule has 0 radical (unpaired) electrons. The highest BCUT2D eigenvalue weighted by molar-refractivity contribution is 9.10. The van der Waals surface area contributed by atoms with Crippen molar-refractivity contribution < 1.29 is 0 Å². The molecule has 1 fully saturated rings. The topological polar surface area (TPSA) is 51.8 Å². The van der Waals surface area contributed by atoms with Gasteiger partial charge in [0.1, 0.15) is 11.6 Å². The van der Waals surface area contributed by atoms with Crippen LogP contribution in [0.15, 0.2) is 10.7 Å². The summed E-state index contributed by atoms with van der Waals surface area (Å²) < 4.78 is 0.771. The highest BCUT2D eigenvalue weighted by Gasteiger charge is 2.26. The quantitative estimate of drug-likeness (QED) is 0.864. The molecule has 2 heterocycles. The van der Waals surface area contributed by atoms with Gasteiger partial charge in [-0.1, -0.05) is 6.92 Å². The third kappa shape index (κ3) is 2.60. The summed E-state index contributed by atoms with van der Waals surface area (Å²) in [6.45, 7) is 2.23. The van der Waals surface area contributed by atoms with Crippen LogP contribution < -0.4 is 5.73 Å². The molecule has 0 saturated carbocycles. The first-order valence-corrected chi connectivity index (χ1v) is 7.58. The maximum absolute atomic E-state index is 5.76. The van der Waals surface area contributed by atoms with Crippen molar-refractivity contribution in [1.29, 1.82) is 0 Å². The average Bonchev–Trinajstić information content (AvgIpc) is 2.23. The second kappa shape index (κ2) is 4.93. The van der Waals surface area contributed by atoms with Crippen molar-refractivity contribution in [3.05, 3.63) is 16.5 Å². The molecule has 1 aliphatic heterocycles. The second-order valence-electron chi connectivity index (χ2n) is 3.33. The van der Waals surface area contributed by atoms with Gasteiger partial charge < -0.3 is 5.73 Å². The Hall–Kier alpha value is 0.0600. The predicted molar refractivity (Wildman–Crippen MR) is 71.3 cm³/mol. The van der Waals surface area contributed by atoms with Gasteiger partial charge in [0.25, 0.3) is 0 Å². The normalized spacial score (nSPS) is 26.5. The number of hydrogen-bond acceptors (Lipinski definition) is 5. The van der Waals surface area contributed by atoms with E-state index >= 15 is 0 Å². The van der Waals surface area contributed by atoms with E-state index in [4.69, 9.17) is 5.73 Å². The fourth-order valence-electron chi connectivity index (χ4n) is 1.45. The number of nitrogens with two attached hydrogens (primary N) is 1. The lowest BCUT2D eigenvalue weighted by Crippen LogP contribution is -2.18. The Bertz CT molecular complexity index is 361. The molecule has 1 aromatic heterocycles. The molecule has 0 aromatic carbocycles. The number of halogens is 1. The van der Waals surface area contributed by atoms with Crippen molar-refractivity contribution in [3.8, 4) is 0 Å². The van der Waals surface area contributed by atoms with Crippen LogP contribution in [0, 0.1) is 0 Å². The van der Waals surface area contributed by atoms with Crippen molar-refractivity contribution in [2.45, 2.75) is 17.4 Å². The van der Waals surface area contributed by atoms with Crippen LogP contribution in [0.5, 0.6) is 0 Å². The first-order valence-electron chi connectivity index (χ1n) is 4.69. The van der Waals surface area contributed by atoms with E-state index in [0.29, 0.717) is 16.3 Å². The minimum absolute atomic E-state index is 0.374. The number of thioether (sulfide) groups is 2. The van der Waals surface area contributed by atoms with Gasteiger partial charge in [-0.3, -0.25) is 0 Å². The number of nitrogens with zero attached hydrogens (tertiary/aromatic N) is 2. The summed E-state index contributed by atoms with van der Waals surface area (Å²) in [6, 6.07) is 0. The summed E-state index contributed by atoms with van der Waals surface area (Å²) in [5.41, 5.74) is 5.76. The fraction of sp³-hybridized carbons (Fsp3) is 0.556. The zero-order chi connectivity index (χ0) is 10.8. The lowest BCUT2D eigenvalue weighted by molar-refractivity contribution is 0.824. The zero-order valence-corrected chi connectivity index (χ0v) is 11.5. The molecule has 6 heteroatoms. The van der Waals surface area contributed by atoms with Crippen molar-refractivity contribution in [1.82, 2.24) is 9.97 Å². The van der Waals surface area contributed by atoms with Crippen molar-refractivity contribution >= 4 is 45.3 Å². The zero-order valence-electron chi connectivity index (χ0n) is 8.31. The van der Waals surface area contributed by atoms with Crippen LogP contribution in [-0.2, 0) is 0 Å². The Morgan fingerprint density at radius 3 is 2.87 bits per heavy atom. The minimum atomic E-state index is 0.374. The number of rotatable bonds is 1. The van der Waals surface area contributed by atoms with Gasteiger partial charge >= 0.3 is 0 Å². The maximum Gasteiger partial charge on any atom is 0.144 e. The van der Waals surface area contributed by atoms with Crippen LogP contribution in [0.4, 0.5) is 5.82 Å². The number of aromatic nitrogens is 2. The Kier molecular flexibility index (Phi) is 3.79. The first kappa shape index (κ1) is 11.5. The third-order valence-corrected chi connectivity index (χ3v) is 5.93. The first-order chi connectivity index (χ1) is 7.18.